The maximum atomic E-state index is 5.18. The van der Waals surface area contributed by atoms with Crippen molar-refractivity contribution in [3.05, 3.63) is 0 Å². The van der Waals surface area contributed by atoms with E-state index in [0.717, 1.165) is 32.3 Å². The Morgan fingerprint density at radius 2 is 2.00 bits per heavy atom. The van der Waals surface area contributed by atoms with Gasteiger partial charge in [0.2, 0.25) is 0 Å². The van der Waals surface area contributed by atoms with Crippen LogP contribution in [-0.4, -0.2) is 50.3 Å². The van der Waals surface area contributed by atoms with Crippen LogP contribution in [0, 0.1) is 0 Å². The average Bonchev–Trinajstić information content (AvgIpc) is 2.85. The van der Waals surface area contributed by atoms with Gasteiger partial charge in [-0.1, -0.05) is 19.8 Å². The smallest absolute Gasteiger partial charge is 0.0589 e. The van der Waals surface area contributed by atoms with E-state index in [9.17, 15) is 0 Å². The van der Waals surface area contributed by atoms with Gasteiger partial charge in [0.1, 0.15) is 0 Å². The van der Waals surface area contributed by atoms with E-state index in [1.54, 1.807) is 7.11 Å². The molecule has 0 aromatic carbocycles. The summed E-state index contributed by atoms with van der Waals surface area (Å²) in [6.07, 6.45) is 6.79. The lowest BCUT2D eigenvalue weighted by Gasteiger charge is -2.28. The minimum Gasteiger partial charge on any atom is -0.383 e. The van der Waals surface area contributed by atoms with Gasteiger partial charge in [0, 0.05) is 38.8 Å². The molecule has 1 aliphatic carbocycles. The fourth-order valence-electron chi connectivity index (χ4n) is 2.56. The minimum absolute atomic E-state index is 0.663. The van der Waals surface area contributed by atoms with Gasteiger partial charge in [0.05, 0.1) is 6.61 Å². The lowest BCUT2D eigenvalue weighted by Crippen LogP contribution is -2.41. The lowest BCUT2D eigenvalue weighted by atomic mass is 10.2. The lowest BCUT2D eigenvalue weighted by molar-refractivity contribution is 0.123. The molecule has 0 amide bonds. The van der Waals surface area contributed by atoms with Gasteiger partial charge in [0.25, 0.3) is 0 Å². The monoisotopic (exact) mass is 242 g/mol. The van der Waals surface area contributed by atoms with Gasteiger partial charge in [-0.15, -0.1) is 0 Å². The van der Waals surface area contributed by atoms with E-state index in [0.29, 0.717) is 6.04 Å². The van der Waals surface area contributed by atoms with Crippen LogP contribution < -0.4 is 5.32 Å². The van der Waals surface area contributed by atoms with Gasteiger partial charge in [-0.3, -0.25) is 4.90 Å². The maximum Gasteiger partial charge on any atom is 0.0589 e. The first-order valence-corrected chi connectivity index (χ1v) is 7.24. The van der Waals surface area contributed by atoms with E-state index in [1.165, 1.54) is 32.1 Å². The number of nitrogens with zero attached hydrogens (tertiary/aromatic N) is 1. The van der Waals surface area contributed by atoms with Crippen molar-refractivity contribution in [2.45, 2.75) is 58.0 Å². The first-order valence-electron chi connectivity index (χ1n) is 7.24. The van der Waals surface area contributed by atoms with E-state index in [2.05, 4.69) is 24.1 Å². The Morgan fingerprint density at radius 3 is 2.59 bits per heavy atom. The second-order valence-corrected chi connectivity index (χ2v) is 5.22. The summed E-state index contributed by atoms with van der Waals surface area (Å²) in [5, 5.41) is 3.68. The summed E-state index contributed by atoms with van der Waals surface area (Å²) in [6, 6.07) is 1.45. The number of hydrogen-bond donors (Lipinski definition) is 1. The molecule has 0 aliphatic heterocycles. The largest absolute Gasteiger partial charge is 0.383 e. The fraction of sp³-hybridized carbons (Fsp3) is 1.00. The molecule has 0 heterocycles. The number of rotatable bonds is 9. The molecule has 0 bridgehead atoms. The van der Waals surface area contributed by atoms with Crippen LogP contribution in [0.15, 0.2) is 0 Å². The first-order chi connectivity index (χ1) is 8.27. The Hall–Kier alpha value is -0.120. The van der Waals surface area contributed by atoms with Crippen molar-refractivity contribution in [1.29, 1.82) is 0 Å². The molecule has 1 saturated carbocycles. The van der Waals surface area contributed by atoms with Crippen LogP contribution in [0.4, 0.5) is 0 Å². The third kappa shape index (κ3) is 5.84. The van der Waals surface area contributed by atoms with E-state index in [4.69, 9.17) is 4.74 Å². The quantitative estimate of drug-likeness (QED) is 0.671. The third-order valence-electron chi connectivity index (χ3n) is 3.98. The van der Waals surface area contributed by atoms with Gasteiger partial charge >= 0.3 is 0 Å². The Kier molecular flexibility index (Phi) is 7.82. The molecule has 3 heteroatoms. The topological polar surface area (TPSA) is 24.5 Å². The molecule has 1 aliphatic rings. The zero-order valence-electron chi connectivity index (χ0n) is 11.9. The summed E-state index contributed by atoms with van der Waals surface area (Å²) in [4.78, 5) is 2.53. The van der Waals surface area contributed by atoms with E-state index < -0.39 is 0 Å². The molecule has 0 aromatic heterocycles. The van der Waals surface area contributed by atoms with Crippen molar-refractivity contribution >= 4 is 0 Å². The molecule has 1 N–H and O–H groups in total. The van der Waals surface area contributed by atoms with E-state index in [1.807, 2.05) is 0 Å². The molecule has 0 radical (unpaired) electrons. The number of nitrogens with one attached hydrogen (secondary N) is 1. The van der Waals surface area contributed by atoms with Crippen molar-refractivity contribution in [2.75, 3.05) is 33.4 Å². The number of methoxy groups -OCH3 is 1. The molecule has 1 atom stereocenters. The second kappa shape index (κ2) is 8.90. The highest BCUT2D eigenvalue weighted by Gasteiger charge is 2.15. The molecule has 0 spiro atoms. The summed E-state index contributed by atoms with van der Waals surface area (Å²) in [5.74, 6) is 0. The highest BCUT2D eigenvalue weighted by molar-refractivity contribution is 4.75. The minimum atomic E-state index is 0.663. The molecule has 0 aromatic rings. The Morgan fingerprint density at radius 1 is 1.29 bits per heavy atom. The van der Waals surface area contributed by atoms with Gasteiger partial charge < -0.3 is 10.1 Å². The molecule has 3 nitrogen and oxygen atoms in total. The summed E-state index contributed by atoms with van der Waals surface area (Å²) < 4.78 is 5.18. The van der Waals surface area contributed by atoms with Gasteiger partial charge in [0.15, 0.2) is 0 Å². The molecule has 0 saturated heterocycles. The molecule has 1 fully saturated rings. The molecule has 1 rings (SSSR count). The summed E-state index contributed by atoms with van der Waals surface area (Å²) in [6.45, 7) is 8.74. The third-order valence-corrected chi connectivity index (χ3v) is 3.98. The molecule has 17 heavy (non-hydrogen) atoms. The van der Waals surface area contributed by atoms with Crippen LogP contribution in [0.2, 0.25) is 0 Å². The summed E-state index contributed by atoms with van der Waals surface area (Å²) >= 11 is 0. The molecule has 102 valence electrons. The Balaban J connectivity index is 2.17. The van der Waals surface area contributed by atoms with Crippen molar-refractivity contribution in [3.63, 3.8) is 0 Å². The van der Waals surface area contributed by atoms with Crippen molar-refractivity contribution < 1.29 is 4.74 Å². The highest BCUT2D eigenvalue weighted by Crippen LogP contribution is 2.17. The first kappa shape index (κ1) is 14.9. The SMILES string of the molecule is CCC(C)N(CCNC1CCCC1)CCOC. The van der Waals surface area contributed by atoms with Crippen LogP contribution in [-0.2, 0) is 4.74 Å². The predicted molar refractivity (Wildman–Crippen MR) is 73.5 cm³/mol. The van der Waals surface area contributed by atoms with Crippen molar-refractivity contribution in [1.82, 2.24) is 10.2 Å². The van der Waals surface area contributed by atoms with Crippen LogP contribution in [0.5, 0.6) is 0 Å². The zero-order valence-corrected chi connectivity index (χ0v) is 11.9. The normalized spacial score (nSPS) is 19.1. The predicted octanol–water partition coefficient (Wildman–Crippen LogP) is 2.27. The highest BCUT2D eigenvalue weighted by atomic mass is 16.5. The fourth-order valence-corrected chi connectivity index (χ4v) is 2.56. The summed E-state index contributed by atoms with van der Waals surface area (Å²) in [5.41, 5.74) is 0. The van der Waals surface area contributed by atoms with Crippen LogP contribution in [0.3, 0.4) is 0 Å². The molecule has 1 unspecified atom stereocenters. The standard InChI is InChI=1S/C14H30N2O/c1-4-13(2)16(11-12-17-3)10-9-15-14-7-5-6-8-14/h13-15H,4-12H2,1-3H3. The van der Waals surface area contributed by atoms with E-state index in [-0.39, 0.29) is 0 Å². The van der Waals surface area contributed by atoms with E-state index >= 15 is 0 Å². The number of ether oxygens (including phenoxy) is 1. The van der Waals surface area contributed by atoms with Crippen molar-refractivity contribution in [3.8, 4) is 0 Å². The van der Waals surface area contributed by atoms with Gasteiger partial charge in [-0.25, -0.2) is 0 Å². The summed E-state index contributed by atoms with van der Waals surface area (Å²) in [7, 11) is 1.78. The van der Waals surface area contributed by atoms with Crippen LogP contribution >= 0.6 is 0 Å². The zero-order chi connectivity index (χ0) is 12.5. The second-order valence-electron chi connectivity index (χ2n) is 5.22. The van der Waals surface area contributed by atoms with Crippen LogP contribution in [0.25, 0.3) is 0 Å². The van der Waals surface area contributed by atoms with Crippen LogP contribution in [0.1, 0.15) is 46.0 Å². The maximum absolute atomic E-state index is 5.18. The number of hydrogen-bond acceptors (Lipinski definition) is 3. The molecular weight excluding hydrogens is 212 g/mol. The van der Waals surface area contributed by atoms with Crippen molar-refractivity contribution in [2.24, 2.45) is 0 Å². The Labute approximate surface area is 107 Å². The molecular formula is C14H30N2O. The van der Waals surface area contributed by atoms with Gasteiger partial charge in [-0.2, -0.15) is 0 Å². The van der Waals surface area contributed by atoms with Gasteiger partial charge in [-0.05, 0) is 26.2 Å². The average molecular weight is 242 g/mol. The Bertz CT molecular complexity index is 181.